The largest absolute Gasteiger partial charge is 0.455 e. The van der Waals surface area contributed by atoms with Crippen LogP contribution in [0.3, 0.4) is 0 Å². The van der Waals surface area contributed by atoms with Crippen LogP contribution < -0.4 is 9.80 Å². The molecule has 5 heteroatoms. The molecule has 392 valence electrons. The first-order valence-electron chi connectivity index (χ1n) is 27.9. The van der Waals surface area contributed by atoms with E-state index in [1.54, 1.807) is 24.3 Å². The van der Waals surface area contributed by atoms with Crippen LogP contribution in [-0.4, -0.2) is 0 Å². The van der Waals surface area contributed by atoms with Crippen LogP contribution >= 0.6 is 0 Å². The maximum absolute atomic E-state index is 16.1. The van der Waals surface area contributed by atoms with Crippen molar-refractivity contribution in [2.45, 2.75) is 85.5 Å². The molecule has 0 amide bonds. The smallest absolute Gasteiger partial charge is 0.145 e. The molecule has 0 N–H and O–H groups in total. The van der Waals surface area contributed by atoms with Gasteiger partial charge in [0, 0.05) is 39.4 Å². The van der Waals surface area contributed by atoms with Crippen LogP contribution in [0.15, 0.2) is 199 Å². The van der Waals surface area contributed by atoms with E-state index >= 15 is 8.78 Å². The summed E-state index contributed by atoms with van der Waals surface area (Å²) in [6.07, 6.45) is 0. The fourth-order valence-electron chi connectivity index (χ4n) is 13.8. The highest BCUT2D eigenvalue weighted by Gasteiger charge is 2.55. The van der Waals surface area contributed by atoms with Crippen molar-refractivity contribution < 1.29 is 13.2 Å². The molecule has 0 radical (unpaired) electrons. The Morgan fingerprint density at radius 3 is 1.43 bits per heavy atom. The number of halogens is 2. The minimum Gasteiger partial charge on any atom is -0.455 e. The van der Waals surface area contributed by atoms with Crippen molar-refractivity contribution in [1.82, 2.24) is 0 Å². The molecule has 80 heavy (non-hydrogen) atoms. The van der Waals surface area contributed by atoms with E-state index in [0.717, 1.165) is 122 Å². The molecular weight excluding hydrogens is 983 g/mol. The molecule has 0 fully saturated rings. The number of nitrogens with zero attached hydrogens (tertiary/aromatic N) is 2. The molecule has 0 saturated heterocycles. The molecule has 1 aromatic heterocycles. The van der Waals surface area contributed by atoms with Crippen LogP contribution in [-0.2, 0) is 16.2 Å². The fourth-order valence-corrected chi connectivity index (χ4v) is 13.8. The van der Waals surface area contributed by atoms with Gasteiger partial charge in [-0.3, -0.25) is 0 Å². The van der Waals surface area contributed by atoms with Crippen molar-refractivity contribution in [1.29, 1.82) is 0 Å². The summed E-state index contributed by atoms with van der Waals surface area (Å²) in [5.41, 5.74) is 20.8. The van der Waals surface area contributed by atoms with Gasteiger partial charge in [0.2, 0.25) is 0 Å². The lowest BCUT2D eigenvalue weighted by atomic mass is 9.69. The van der Waals surface area contributed by atoms with E-state index < -0.39 is 5.41 Å². The summed E-state index contributed by atoms with van der Waals surface area (Å²) in [4.78, 5) is 4.78. The third kappa shape index (κ3) is 7.43. The molecule has 0 atom stereocenters. The number of hydrogen-bond donors (Lipinski definition) is 0. The number of para-hydroxylation sites is 1. The van der Waals surface area contributed by atoms with Crippen molar-refractivity contribution in [2.24, 2.45) is 0 Å². The summed E-state index contributed by atoms with van der Waals surface area (Å²) < 4.78 is 39.7. The summed E-state index contributed by atoms with van der Waals surface area (Å²) >= 11 is 0. The van der Waals surface area contributed by atoms with Crippen molar-refractivity contribution in [3.8, 4) is 22.3 Å². The van der Waals surface area contributed by atoms with Crippen LogP contribution in [0.4, 0.5) is 42.9 Å². The molecule has 11 aromatic carbocycles. The Hall–Kier alpha value is -8.80. The van der Waals surface area contributed by atoms with Crippen LogP contribution in [0, 0.1) is 39.3 Å². The first-order chi connectivity index (χ1) is 38.4. The Labute approximate surface area is 467 Å². The maximum Gasteiger partial charge on any atom is 0.145 e. The number of fused-ring (bicyclic) bond motifs is 19. The van der Waals surface area contributed by atoms with E-state index in [9.17, 15) is 0 Å². The van der Waals surface area contributed by atoms with Crippen LogP contribution in [0.25, 0.3) is 65.7 Å². The van der Waals surface area contributed by atoms with Crippen LogP contribution in [0.5, 0.6) is 0 Å². The lowest BCUT2D eigenvalue weighted by Gasteiger charge is -2.34. The Bertz CT molecular complexity index is 4480. The van der Waals surface area contributed by atoms with E-state index in [4.69, 9.17) is 4.42 Å². The lowest BCUT2D eigenvalue weighted by Crippen LogP contribution is -2.27. The topological polar surface area (TPSA) is 19.6 Å². The SMILES string of the molecule is Cc1cc(C)cc(N(c2ccc(C(C)(C)C)cc2)c2ccc3c4c(c5ccccc5c3c2)-c2c(cc(N(c3ccc(C(C)(C)C)cc3)c3cc(C)cc(C)c3)c3c2oc2ccccc23)C42c3ccc(F)cc3-c3cc(F)ccc32)c1. The second kappa shape index (κ2) is 17.6. The summed E-state index contributed by atoms with van der Waals surface area (Å²) in [7, 11) is 0. The van der Waals surface area contributed by atoms with Gasteiger partial charge in [-0.2, -0.15) is 0 Å². The van der Waals surface area contributed by atoms with Crippen molar-refractivity contribution in [3.63, 3.8) is 0 Å². The third-order valence-electron chi connectivity index (χ3n) is 17.1. The van der Waals surface area contributed by atoms with Gasteiger partial charge in [0.1, 0.15) is 22.8 Å². The predicted octanol–water partition coefficient (Wildman–Crippen LogP) is 21.3. The van der Waals surface area contributed by atoms with Gasteiger partial charge in [-0.05, 0) is 229 Å². The van der Waals surface area contributed by atoms with Crippen LogP contribution in [0.2, 0.25) is 0 Å². The average Bonchev–Trinajstić information content (AvgIpc) is 1.97. The molecular formula is C75H62F2N2O. The normalized spacial score (nSPS) is 13.3. The zero-order valence-electron chi connectivity index (χ0n) is 47.0. The maximum atomic E-state index is 16.1. The zero-order chi connectivity index (χ0) is 55.3. The summed E-state index contributed by atoms with van der Waals surface area (Å²) in [5.74, 6) is -0.754. The second-order valence-electron chi connectivity index (χ2n) is 24.7. The molecule has 14 rings (SSSR count). The number of furan rings is 1. The van der Waals surface area contributed by atoms with Gasteiger partial charge in [0.15, 0.2) is 0 Å². The van der Waals surface area contributed by atoms with Crippen LogP contribution in [0.1, 0.15) is 97.2 Å². The van der Waals surface area contributed by atoms with Gasteiger partial charge in [0.25, 0.3) is 0 Å². The second-order valence-corrected chi connectivity index (χ2v) is 24.7. The highest BCUT2D eigenvalue weighted by atomic mass is 19.1. The van der Waals surface area contributed by atoms with Gasteiger partial charge in [-0.25, -0.2) is 8.78 Å². The highest BCUT2D eigenvalue weighted by molar-refractivity contribution is 6.26. The number of hydrogen-bond acceptors (Lipinski definition) is 3. The number of benzene rings is 11. The third-order valence-corrected chi connectivity index (χ3v) is 17.1. The van der Waals surface area contributed by atoms with E-state index in [-0.39, 0.29) is 22.5 Å². The Kier molecular flexibility index (Phi) is 10.9. The first kappa shape index (κ1) is 49.5. The molecule has 0 aliphatic heterocycles. The van der Waals surface area contributed by atoms with Crippen molar-refractivity contribution in [2.75, 3.05) is 9.80 Å². The van der Waals surface area contributed by atoms with Gasteiger partial charge < -0.3 is 14.2 Å². The van der Waals surface area contributed by atoms with E-state index in [1.165, 1.54) is 22.3 Å². The lowest BCUT2D eigenvalue weighted by molar-refractivity contribution is 0.590. The molecule has 0 unspecified atom stereocenters. The molecule has 1 spiro atoms. The molecule has 2 aliphatic rings. The van der Waals surface area contributed by atoms with Gasteiger partial charge >= 0.3 is 0 Å². The zero-order valence-corrected chi connectivity index (χ0v) is 47.0. The number of rotatable bonds is 6. The molecule has 2 aliphatic carbocycles. The Morgan fingerprint density at radius 1 is 0.388 bits per heavy atom. The first-order valence-corrected chi connectivity index (χ1v) is 27.9. The molecule has 3 nitrogen and oxygen atoms in total. The van der Waals surface area contributed by atoms with Gasteiger partial charge in [0.05, 0.1) is 16.5 Å². The summed E-state index contributed by atoms with van der Waals surface area (Å²) in [5, 5.41) is 6.26. The predicted molar refractivity (Wildman–Crippen MR) is 331 cm³/mol. The number of aryl methyl sites for hydroxylation is 4. The Morgan fingerprint density at radius 2 is 0.875 bits per heavy atom. The van der Waals surface area contributed by atoms with Crippen molar-refractivity contribution in [3.05, 3.63) is 261 Å². The number of anilines is 6. The quantitative estimate of drug-likeness (QED) is 0.155. The standard InChI is InChI=1S/C75H62F2N2O/c1-43-33-44(2)36-54(35-43)78(51-25-19-47(20-26-51)73(5,6)7)53-29-30-58-60(41-53)56-15-11-12-16-57(56)69-70-65(75(71(58)69)63-31-23-49(76)39-61(63)62-40-50(77)24-32-64(62)75)42-66(68-59-17-13-14-18-67(59)80-72(68)70)79(55-37-45(3)34-46(4)38-55)52-27-21-48(22-28-52)74(8,9)10/h11-42H,1-10H3. The molecule has 0 saturated carbocycles. The average molecular weight is 1050 g/mol. The molecule has 12 aromatic rings. The monoisotopic (exact) mass is 1040 g/mol. The molecule has 1 heterocycles. The van der Waals surface area contributed by atoms with E-state index in [2.05, 4.69) is 231 Å². The van der Waals surface area contributed by atoms with Crippen molar-refractivity contribution >= 4 is 77.6 Å². The summed E-state index contributed by atoms with van der Waals surface area (Å²) in [6.45, 7) is 22.1. The molecule has 0 bridgehead atoms. The Balaban J connectivity index is 1.15. The van der Waals surface area contributed by atoms with Gasteiger partial charge in [-0.15, -0.1) is 0 Å². The summed E-state index contributed by atoms with van der Waals surface area (Å²) in [6, 6.07) is 68.3. The minimum atomic E-state index is -1.08. The van der Waals surface area contributed by atoms with E-state index in [0.29, 0.717) is 11.1 Å². The fraction of sp³-hybridized carbons (Fsp3) is 0.173. The minimum absolute atomic E-state index is 0.0155. The van der Waals surface area contributed by atoms with Gasteiger partial charge in [-0.1, -0.05) is 139 Å². The van der Waals surface area contributed by atoms with E-state index in [1.807, 2.05) is 18.2 Å². The highest BCUT2D eigenvalue weighted by Crippen LogP contribution is 2.68.